The molecule has 0 aliphatic heterocycles. The highest BCUT2D eigenvalue weighted by Crippen LogP contribution is 2.38. The SMILES string of the molecule is C=Cc1cc(C(=O)Nc2ccc(C(=N)NC(=O)OCCC[C@H](O)C(=O)O)cc2)c(-c2ccc(C(=O)NCC3CC3)nc2C(=O)OC(C)OC(=O)C(C)C)cc1OC.C=Cc1cc(C(=O)Nc2ccc(C(=N)NC(=O)OCCC[C@H](O)C(=O)OC(C)(C)C)cc2)c(-c2ccc(C(=O)NCC3CC3)nc2C(=O)OC(C)OC(=O)C(C)C)cc1OC. The molecule has 2 heterocycles. The number of carbonyl (C=O) groups excluding carboxylic acids is 11. The number of amidine groups is 2. The van der Waals surface area contributed by atoms with Crippen molar-refractivity contribution in [2.24, 2.45) is 23.7 Å². The van der Waals surface area contributed by atoms with Crippen molar-refractivity contribution in [3.05, 3.63) is 166 Å². The highest BCUT2D eigenvalue weighted by atomic mass is 16.7. The average Bonchev–Trinajstić information content (AvgIpc) is 1.36. The van der Waals surface area contributed by atoms with E-state index in [2.05, 4.69) is 55.0 Å². The standard InChI is InChI=1S/C44H53N5O12.C40H45N5O12/c1-9-27-21-32(38(51)47-29-16-14-28(15-17-29)37(45)49-43(56)58-20-10-11-34(50)41(54)61-44(5,6)7)31(22-35(27)57-8)30-18-19-33(39(52)46-23-26-12-13-26)48-36(30)42(55)60-25(4)59-40(53)24(2)3;1-6-24-18-29(35(47)43-26-13-11-25(12-14-26)34(41)45-40(53)55-17-7-8-31(46)37(49)50)28(19-32(24)54-5)27-15-16-30(36(48)42-20-23-9-10-23)44-33(27)39(52)57-22(4)56-38(51)21(2)3/h9,14-19,21-22,24-26,34,50H,1,10-13,20,23H2,2-8H3,(H,46,52)(H,47,51)(H2,45,49,56);6,11-16,18-19,21-23,31,46H,1,7-10,17,20H2,2-5H3,(H,42,48)(H,43,47)(H,49,50)(H2,41,45,53)/t25?,34-;22?,31-/m00/s1. The first-order chi connectivity index (χ1) is 55.9. The summed E-state index contributed by atoms with van der Waals surface area (Å²) in [5.41, 5.74) is 1.07. The van der Waals surface area contributed by atoms with Gasteiger partial charge in [-0.25, -0.2) is 38.7 Å². The Hall–Kier alpha value is -13.2. The summed E-state index contributed by atoms with van der Waals surface area (Å²) in [5.74, 6) is -7.97. The second-order valence-electron chi connectivity index (χ2n) is 28.8. The number of aliphatic hydroxyl groups excluding tert-OH is 2. The number of benzene rings is 4. The minimum absolute atomic E-state index is 0.00605. The number of nitrogens with one attached hydrogen (secondary N) is 8. The molecule has 34 heteroatoms. The predicted octanol–water partition coefficient (Wildman–Crippen LogP) is 10.8. The summed E-state index contributed by atoms with van der Waals surface area (Å²) in [7, 11) is 2.84. The molecular formula is C84H98N10O24. The molecule has 6 amide bonds. The number of esters is 5. The zero-order chi connectivity index (χ0) is 86.8. The van der Waals surface area contributed by atoms with E-state index >= 15 is 0 Å². The Labute approximate surface area is 680 Å². The van der Waals surface area contributed by atoms with Crippen molar-refractivity contribution in [2.75, 3.05) is 51.2 Å². The summed E-state index contributed by atoms with van der Waals surface area (Å²) in [6.45, 7) is 22.5. The van der Waals surface area contributed by atoms with Gasteiger partial charge in [-0.05, 0) is 181 Å². The van der Waals surface area contributed by atoms with Crippen molar-refractivity contribution in [1.82, 2.24) is 31.2 Å². The summed E-state index contributed by atoms with van der Waals surface area (Å²) < 4.78 is 47.7. The first-order valence-corrected chi connectivity index (χ1v) is 37.7. The molecule has 4 atom stereocenters. The number of methoxy groups -OCH3 is 2. The second-order valence-corrected chi connectivity index (χ2v) is 28.8. The van der Waals surface area contributed by atoms with Crippen LogP contribution in [0.3, 0.4) is 0 Å². The maximum Gasteiger partial charge on any atom is 0.412 e. The molecule has 2 aliphatic rings. The number of pyridine rings is 2. The number of ether oxygens (including phenoxy) is 9. The van der Waals surface area contributed by atoms with Gasteiger partial charge in [-0.15, -0.1) is 0 Å². The molecular weight excluding hydrogens is 1530 g/mol. The smallest absolute Gasteiger partial charge is 0.412 e. The number of carboxylic acids is 1. The van der Waals surface area contributed by atoms with E-state index in [1.54, 1.807) is 48.5 Å². The quantitative estimate of drug-likeness (QED) is 0.00435. The number of rotatable bonds is 36. The molecule has 2 unspecified atom stereocenters. The Kier molecular flexibility index (Phi) is 33.4. The molecule has 0 radical (unpaired) electrons. The lowest BCUT2D eigenvalue weighted by Gasteiger charge is -2.21. The molecule has 0 saturated heterocycles. The highest BCUT2D eigenvalue weighted by molar-refractivity contribution is 6.13. The van der Waals surface area contributed by atoms with Crippen LogP contribution in [0.5, 0.6) is 11.5 Å². The molecule has 2 saturated carbocycles. The normalized spacial score (nSPS) is 13.1. The zero-order valence-electron chi connectivity index (χ0n) is 67.2. The van der Waals surface area contributed by atoms with E-state index in [-0.39, 0.29) is 118 Å². The van der Waals surface area contributed by atoms with Gasteiger partial charge in [-0.2, -0.15) is 0 Å². The van der Waals surface area contributed by atoms with Crippen LogP contribution in [0.1, 0.15) is 199 Å². The largest absolute Gasteiger partial charge is 0.496 e. The number of aliphatic carboxylic acids is 1. The number of anilines is 2. The van der Waals surface area contributed by atoms with Gasteiger partial charge in [0.15, 0.2) is 23.6 Å². The number of alkyl carbamates (subject to hydrolysis) is 2. The van der Waals surface area contributed by atoms with Crippen molar-refractivity contribution in [2.45, 2.75) is 144 Å². The molecule has 2 aromatic heterocycles. The molecule has 11 N–H and O–H groups in total. The maximum absolute atomic E-state index is 14.1. The summed E-state index contributed by atoms with van der Waals surface area (Å²) in [6, 6.07) is 23.7. The van der Waals surface area contributed by atoms with Crippen molar-refractivity contribution in [1.29, 1.82) is 10.8 Å². The number of aromatic nitrogens is 2. The molecule has 118 heavy (non-hydrogen) atoms. The molecule has 2 fully saturated rings. The van der Waals surface area contributed by atoms with E-state index in [1.165, 1.54) is 137 Å². The van der Waals surface area contributed by atoms with Crippen LogP contribution in [0, 0.1) is 34.5 Å². The van der Waals surface area contributed by atoms with Gasteiger partial charge in [0, 0.05) is 93.9 Å². The second kappa shape index (κ2) is 42.9. The van der Waals surface area contributed by atoms with Crippen LogP contribution in [0.2, 0.25) is 0 Å². The first-order valence-electron chi connectivity index (χ1n) is 37.7. The van der Waals surface area contributed by atoms with E-state index in [0.29, 0.717) is 58.9 Å². The lowest BCUT2D eigenvalue weighted by molar-refractivity contribution is -0.170. The lowest BCUT2D eigenvalue weighted by atomic mass is 9.94. The van der Waals surface area contributed by atoms with E-state index in [1.807, 2.05) is 0 Å². The van der Waals surface area contributed by atoms with Gasteiger partial charge in [0.25, 0.3) is 23.6 Å². The Morgan fingerprint density at radius 1 is 0.508 bits per heavy atom. The Morgan fingerprint density at radius 3 is 1.21 bits per heavy atom. The molecule has 0 bridgehead atoms. The third-order valence-corrected chi connectivity index (χ3v) is 17.4. The molecule has 0 spiro atoms. The third kappa shape index (κ3) is 27.8. The molecule has 8 rings (SSSR count). The fourth-order valence-corrected chi connectivity index (χ4v) is 10.7. The van der Waals surface area contributed by atoms with E-state index in [0.717, 1.165) is 25.7 Å². The number of nitrogens with zero attached hydrogens (tertiary/aromatic N) is 2. The van der Waals surface area contributed by atoms with Gasteiger partial charge in [-0.1, -0.05) is 53.0 Å². The van der Waals surface area contributed by atoms with Crippen LogP contribution >= 0.6 is 0 Å². The Bertz CT molecular complexity index is 4760. The van der Waals surface area contributed by atoms with Gasteiger partial charge in [-0.3, -0.25) is 50.2 Å². The highest BCUT2D eigenvalue weighted by Gasteiger charge is 2.32. The van der Waals surface area contributed by atoms with Gasteiger partial charge in [0.05, 0.1) is 39.3 Å². The van der Waals surface area contributed by atoms with Crippen molar-refractivity contribution >= 4 is 107 Å². The molecule has 6 aromatic rings. The van der Waals surface area contributed by atoms with Crippen LogP contribution in [-0.4, -0.2) is 180 Å². The van der Waals surface area contributed by atoms with Gasteiger partial charge >= 0.3 is 48.0 Å². The monoisotopic (exact) mass is 1630 g/mol. The van der Waals surface area contributed by atoms with Crippen molar-refractivity contribution in [3.63, 3.8) is 0 Å². The first kappa shape index (κ1) is 91.9. The van der Waals surface area contributed by atoms with Crippen LogP contribution in [0.25, 0.3) is 34.4 Å². The summed E-state index contributed by atoms with van der Waals surface area (Å²) >= 11 is 0. The molecule has 2 aliphatic carbocycles. The van der Waals surface area contributed by atoms with Crippen molar-refractivity contribution in [3.8, 4) is 33.8 Å². The molecule has 628 valence electrons. The van der Waals surface area contributed by atoms with Crippen molar-refractivity contribution < 1.29 is 115 Å². The number of hydrogen-bond donors (Lipinski definition) is 11. The van der Waals surface area contributed by atoms with Gasteiger partial charge in [0.2, 0.25) is 12.6 Å². The summed E-state index contributed by atoms with van der Waals surface area (Å²) in [6.07, 6.45) is -0.350. The zero-order valence-corrected chi connectivity index (χ0v) is 67.2. The van der Waals surface area contributed by atoms with Crippen LogP contribution in [-0.2, 0) is 52.3 Å². The van der Waals surface area contributed by atoms with Gasteiger partial charge in [0.1, 0.15) is 40.2 Å². The fraction of sp³-hybridized carbons (Fsp3) is 0.381. The number of aliphatic hydroxyl groups is 2. The van der Waals surface area contributed by atoms with E-state index < -0.39 is 114 Å². The fourth-order valence-electron chi connectivity index (χ4n) is 10.7. The van der Waals surface area contributed by atoms with Crippen LogP contribution < -0.4 is 41.4 Å². The molecule has 34 nitrogen and oxygen atoms in total. The third-order valence-electron chi connectivity index (χ3n) is 17.4. The summed E-state index contributed by atoms with van der Waals surface area (Å²) in [4.78, 5) is 162. The predicted molar refractivity (Wildman–Crippen MR) is 430 cm³/mol. The van der Waals surface area contributed by atoms with Crippen LogP contribution in [0.15, 0.2) is 110 Å². The number of hydrogen-bond acceptors (Lipinski definition) is 27. The number of carbonyl (C=O) groups is 12. The van der Waals surface area contributed by atoms with E-state index in [4.69, 9.17) is 58.6 Å². The Balaban J connectivity index is 0.000000326. The Morgan fingerprint density at radius 2 is 0.881 bits per heavy atom. The number of carboxylic acid groups (broad SMARTS) is 1. The van der Waals surface area contributed by atoms with Crippen LogP contribution in [0.4, 0.5) is 21.0 Å². The van der Waals surface area contributed by atoms with Gasteiger partial charge < -0.3 is 79.2 Å². The average molecular weight is 1630 g/mol. The maximum atomic E-state index is 14.1. The topological polar surface area (TPSA) is 494 Å². The minimum atomic E-state index is -1.58. The van der Waals surface area contributed by atoms with E-state index in [9.17, 15) is 67.7 Å². The number of amides is 6. The minimum Gasteiger partial charge on any atom is -0.496 e. The molecule has 4 aromatic carbocycles. The lowest BCUT2D eigenvalue weighted by Crippen LogP contribution is -2.33. The summed E-state index contributed by atoms with van der Waals surface area (Å²) in [5, 5.41) is 60.3.